The molecule has 1 saturated heterocycles. The molecule has 5 rings (SSSR count). The van der Waals surface area contributed by atoms with Crippen LogP contribution in [0, 0.1) is 16.7 Å². The molecule has 3 aliphatic rings. The van der Waals surface area contributed by atoms with Crippen LogP contribution in [0.2, 0.25) is 0 Å². The maximum absolute atomic E-state index is 13.5. The van der Waals surface area contributed by atoms with Gasteiger partial charge in [0, 0.05) is 41.9 Å². The van der Waals surface area contributed by atoms with Gasteiger partial charge in [0.25, 0.3) is 0 Å². The number of carbonyl (C=O) groups excluding carboxylic acids is 1. The summed E-state index contributed by atoms with van der Waals surface area (Å²) < 4.78 is 0. The maximum atomic E-state index is 13.5. The van der Waals surface area contributed by atoms with Crippen molar-refractivity contribution >= 4 is 28.1 Å². The average Bonchev–Trinajstić information content (AvgIpc) is 3.26. The Kier molecular flexibility index (Phi) is 6.42. The van der Waals surface area contributed by atoms with Gasteiger partial charge in [0.05, 0.1) is 30.3 Å². The third-order valence-electron chi connectivity index (χ3n) is 8.89. The number of aliphatic hydroxyl groups excluding tert-OH is 2. The SMILES string of the molecule is CC1(CO)C(O)CCC2(C)C(CC(=O)N3CCCCC3)c3nc(Nc4cccnc4)sc3CC12. The first-order chi connectivity index (χ1) is 16.3. The van der Waals surface area contributed by atoms with Crippen molar-refractivity contribution in [1.82, 2.24) is 14.9 Å². The Morgan fingerprint density at radius 2 is 2.09 bits per heavy atom. The molecule has 2 aromatic rings. The first-order valence-corrected chi connectivity index (χ1v) is 13.4. The smallest absolute Gasteiger partial charge is 0.223 e. The molecule has 2 fully saturated rings. The van der Waals surface area contributed by atoms with Crippen molar-refractivity contribution in [3.8, 4) is 0 Å². The quantitative estimate of drug-likeness (QED) is 0.591. The number of thiazole rings is 1. The van der Waals surface area contributed by atoms with Crippen LogP contribution in [0.5, 0.6) is 0 Å². The van der Waals surface area contributed by atoms with Crippen LogP contribution in [-0.4, -0.2) is 56.8 Å². The summed E-state index contributed by atoms with van der Waals surface area (Å²) in [4.78, 5) is 25.9. The summed E-state index contributed by atoms with van der Waals surface area (Å²) in [6.45, 7) is 5.91. The number of hydrogen-bond donors (Lipinski definition) is 3. The lowest BCUT2D eigenvalue weighted by Crippen LogP contribution is -2.57. The van der Waals surface area contributed by atoms with Gasteiger partial charge in [-0.15, -0.1) is 11.3 Å². The fraction of sp³-hybridized carbons (Fsp3) is 0.654. The Morgan fingerprint density at radius 1 is 1.29 bits per heavy atom. The number of carbonyl (C=O) groups is 1. The van der Waals surface area contributed by atoms with Gasteiger partial charge in [0.2, 0.25) is 5.91 Å². The van der Waals surface area contributed by atoms with E-state index in [9.17, 15) is 15.0 Å². The number of rotatable bonds is 5. The van der Waals surface area contributed by atoms with E-state index in [4.69, 9.17) is 4.98 Å². The van der Waals surface area contributed by atoms with Crippen LogP contribution < -0.4 is 5.32 Å². The van der Waals surface area contributed by atoms with Gasteiger partial charge in [0.15, 0.2) is 5.13 Å². The molecule has 34 heavy (non-hydrogen) atoms. The lowest BCUT2D eigenvalue weighted by atomic mass is 9.47. The van der Waals surface area contributed by atoms with Gasteiger partial charge in [0.1, 0.15) is 0 Å². The molecule has 2 aromatic heterocycles. The fourth-order valence-electron chi connectivity index (χ4n) is 6.71. The molecule has 3 heterocycles. The number of hydrogen-bond acceptors (Lipinski definition) is 7. The number of nitrogens with zero attached hydrogens (tertiary/aromatic N) is 3. The molecule has 0 radical (unpaired) electrons. The van der Waals surface area contributed by atoms with Gasteiger partial charge in [-0.25, -0.2) is 4.98 Å². The predicted octanol–water partition coefficient (Wildman–Crippen LogP) is 4.10. The van der Waals surface area contributed by atoms with Gasteiger partial charge in [-0.05, 0) is 62.0 Å². The number of amides is 1. The molecule has 5 unspecified atom stereocenters. The van der Waals surface area contributed by atoms with E-state index >= 15 is 0 Å². The topological polar surface area (TPSA) is 98.6 Å². The monoisotopic (exact) mass is 484 g/mol. The molecular formula is C26H36N4O3S. The molecule has 7 nitrogen and oxygen atoms in total. The van der Waals surface area contributed by atoms with Gasteiger partial charge in [-0.3, -0.25) is 9.78 Å². The fourth-order valence-corrected chi connectivity index (χ4v) is 7.80. The number of aliphatic hydroxyl groups is 2. The number of piperidine rings is 1. The maximum Gasteiger partial charge on any atom is 0.223 e. The van der Waals surface area contributed by atoms with Crippen LogP contribution in [-0.2, 0) is 11.2 Å². The van der Waals surface area contributed by atoms with Crippen LogP contribution >= 0.6 is 11.3 Å². The standard InChI is InChI=1S/C26H36N4O3S/c1-25-9-8-21(32)26(2,16-31)20(25)14-19-23(18(25)13-22(33)30-11-4-3-5-12-30)29-24(34-19)28-17-7-6-10-27-15-17/h6-7,10,15,18,20-21,31-32H,3-5,8-9,11-14,16H2,1-2H3,(H,28,29). The van der Waals surface area contributed by atoms with Crippen molar-refractivity contribution in [2.45, 2.75) is 70.8 Å². The number of pyridine rings is 1. The Morgan fingerprint density at radius 3 is 2.79 bits per heavy atom. The van der Waals surface area contributed by atoms with Crippen LogP contribution in [0.25, 0.3) is 0 Å². The number of likely N-dealkylation sites (tertiary alicyclic amines) is 1. The number of aromatic nitrogens is 2. The highest BCUT2D eigenvalue weighted by atomic mass is 32.1. The highest BCUT2D eigenvalue weighted by Crippen LogP contribution is 2.63. The van der Waals surface area contributed by atoms with E-state index in [1.54, 1.807) is 23.7 Å². The highest BCUT2D eigenvalue weighted by molar-refractivity contribution is 7.15. The second-order valence-electron chi connectivity index (χ2n) is 10.9. The molecule has 8 heteroatoms. The molecule has 184 valence electrons. The second-order valence-corrected chi connectivity index (χ2v) is 12.0. The Bertz CT molecular complexity index is 1020. The van der Waals surface area contributed by atoms with E-state index in [0.29, 0.717) is 12.8 Å². The molecule has 1 aliphatic heterocycles. The largest absolute Gasteiger partial charge is 0.396 e. The summed E-state index contributed by atoms with van der Waals surface area (Å²) in [5, 5.41) is 25.6. The van der Waals surface area contributed by atoms with Gasteiger partial charge >= 0.3 is 0 Å². The van der Waals surface area contributed by atoms with Crippen LogP contribution in [0.1, 0.15) is 68.9 Å². The first-order valence-electron chi connectivity index (χ1n) is 12.6. The molecule has 1 amide bonds. The Balaban J connectivity index is 1.52. The van der Waals surface area contributed by atoms with Gasteiger partial charge in [-0.1, -0.05) is 13.8 Å². The zero-order valence-electron chi connectivity index (χ0n) is 20.2. The van der Waals surface area contributed by atoms with Crippen molar-refractivity contribution in [2.24, 2.45) is 16.7 Å². The molecule has 3 N–H and O–H groups in total. The number of anilines is 2. The van der Waals surface area contributed by atoms with Crippen molar-refractivity contribution in [2.75, 3.05) is 25.0 Å². The first kappa shape index (κ1) is 23.7. The molecule has 0 bridgehead atoms. The third-order valence-corrected chi connectivity index (χ3v) is 9.90. The molecule has 5 atom stereocenters. The number of fused-ring (bicyclic) bond motifs is 2. The summed E-state index contributed by atoms with van der Waals surface area (Å²) in [6, 6.07) is 3.85. The minimum atomic E-state index is -0.599. The van der Waals surface area contributed by atoms with Crippen molar-refractivity contribution < 1.29 is 15.0 Å². The highest BCUT2D eigenvalue weighted by Gasteiger charge is 2.59. The van der Waals surface area contributed by atoms with E-state index < -0.39 is 11.5 Å². The van der Waals surface area contributed by atoms with Crippen LogP contribution in [0.15, 0.2) is 24.5 Å². The summed E-state index contributed by atoms with van der Waals surface area (Å²) in [7, 11) is 0. The van der Waals surface area contributed by atoms with E-state index in [1.807, 2.05) is 24.0 Å². The third kappa shape index (κ3) is 4.03. The van der Waals surface area contributed by atoms with E-state index in [2.05, 4.69) is 17.2 Å². The lowest BCUT2D eigenvalue weighted by Gasteiger charge is -2.58. The molecule has 1 saturated carbocycles. The zero-order valence-corrected chi connectivity index (χ0v) is 21.0. The van der Waals surface area contributed by atoms with E-state index in [0.717, 1.165) is 55.3 Å². The van der Waals surface area contributed by atoms with Crippen molar-refractivity contribution in [3.63, 3.8) is 0 Å². The lowest BCUT2D eigenvalue weighted by molar-refractivity contribution is -0.147. The van der Waals surface area contributed by atoms with Crippen molar-refractivity contribution in [3.05, 3.63) is 35.1 Å². The van der Waals surface area contributed by atoms with Gasteiger partial charge in [-0.2, -0.15) is 0 Å². The second kappa shape index (κ2) is 9.21. The van der Waals surface area contributed by atoms with Crippen molar-refractivity contribution in [1.29, 1.82) is 0 Å². The number of nitrogens with one attached hydrogen (secondary N) is 1. The molecule has 0 spiro atoms. The van der Waals surface area contributed by atoms with Gasteiger partial charge < -0.3 is 20.4 Å². The van der Waals surface area contributed by atoms with E-state index in [1.165, 1.54) is 11.3 Å². The van der Waals surface area contributed by atoms with E-state index in [-0.39, 0.29) is 29.8 Å². The summed E-state index contributed by atoms with van der Waals surface area (Å²) in [6.07, 6.45) is 8.99. The summed E-state index contributed by atoms with van der Waals surface area (Å²) in [5.41, 5.74) is 1.10. The average molecular weight is 485 g/mol. The molecular weight excluding hydrogens is 448 g/mol. The summed E-state index contributed by atoms with van der Waals surface area (Å²) in [5.74, 6) is 0.256. The van der Waals surface area contributed by atoms with Crippen LogP contribution in [0.4, 0.5) is 10.8 Å². The minimum absolute atomic E-state index is 0.0326. The Labute approximate surface area is 205 Å². The zero-order chi connectivity index (χ0) is 23.9. The Hall–Kier alpha value is -2.03. The van der Waals surface area contributed by atoms with Crippen LogP contribution in [0.3, 0.4) is 0 Å². The predicted molar refractivity (Wildman–Crippen MR) is 133 cm³/mol. The molecule has 2 aliphatic carbocycles. The minimum Gasteiger partial charge on any atom is -0.396 e. The molecule has 0 aromatic carbocycles. The summed E-state index contributed by atoms with van der Waals surface area (Å²) >= 11 is 1.63. The normalized spacial score (nSPS) is 33.2.